The molecule has 0 aromatic heterocycles. The van der Waals surface area contributed by atoms with E-state index >= 15 is 0 Å². The minimum absolute atomic E-state index is 0.145. The molecule has 2 rings (SSSR count). The number of hydrogen-bond acceptors (Lipinski definition) is 4. The summed E-state index contributed by atoms with van der Waals surface area (Å²) in [6.45, 7) is 3.35. The summed E-state index contributed by atoms with van der Waals surface area (Å²) in [7, 11) is 0. The zero-order valence-corrected chi connectivity index (χ0v) is 14.1. The van der Waals surface area contributed by atoms with Gasteiger partial charge in [-0.2, -0.15) is 0 Å². The van der Waals surface area contributed by atoms with E-state index in [2.05, 4.69) is 0 Å². The van der Waals surface area contributed by atoms with Crippen LogP contribution in [-0.2, 0) is 16.1 Å². The molecule has 0 atom stereocenters. The Morgan fingerprint density at radius 1 is 0.917 bits per heavy atom. The first kappa shape index (κ1) is 17.9. The van der Waals surface area contributed by atoms with Crippen molar-refractivity contribution in [1.29, 1.82) is 0 Å². The second-order valence-electron chi connectivity index (χ2n) is 5.36. The van der Waals surface area contributed by atoms with Crippen molar-refractivity contribution in [2.75, 3.05) is 13.2 Å². The predicted octanol–water partition coefficient (Wildman–Crippen LogP) is 4.38. The summed E-state index contributed by atoms with van der Waals surface area (Å²) in [6, 6.07) is 17.6. The Labute approximate surface area is 143 Å². The Balaban J connectivity index is 1.69. The van der Waals surface area contributed by atoms with Gasteiger partial charge in [0.05, 0.1) is 13.2 Å². The minimum Gasteiger partial charge on any atom is -0.493 e. The third-order valence-corrected chi connectivity index (χ3v) is 3.40. The summed E-state index contributed by atoms with van der Waals surface area (Å²) in [5.74, 6) is 1.41. The normalized spacial score (nSPS) is 10.2. The zero-order valence-electron chi connectivity index (χ0n) is 14.1. The Hall–Kier alpha value is -2.49. The van der Waals surface area contributed by atoms with Gasteiger partial charge < -0.3 is 14.2 Å². The summed E-state index contributed by atoms with van der Waals surface area (Å²) >= 11 is 0. The molecule has 0 saturated carbocycles. The second-order valence-corrected chi connectivity index (χ2v) is 5.36. The standard InChI is InChI=1S/C20H24O4/c1-2-22-20(21)13-6-7-14-23-18-11-8-12-19(15-18)24-16-17-9-4-3-5-10-17/h3-5,8-12,15H,2,6-7,13-14,16H2,1H3. The fourth-order valence-corrected chi connectivity index (χ4v) is 2.19. The van der Waals surface area contributed by atoms with Crippen molar-refractivity contribution in [2.45, 2.75) is 32.8 Å². The Bertz CT molecular complexity index is 610. The first-order chi connectivity index (χ1) is 11.8. The van der Waals surface area contributed by atoms with E-state index in [0.29, 0.717) is 26.2 Å². The van der Waals surface area contributed by atoms with E-state index in [1.54, 1.807) is 0 Å². The highest BCUT2D eigenvalue weighted by Gasteiger charge is 2.02. The van der Waals surface area contributed by atoms with Gasteiger partial charge in [0.2, 0.25) is 0 Å². The van der Waals surface area contributed by atoms with Gasteiger partial charge in [-0.3, -0.25) is 4.79 Å². The number of rotatable bonds is 10. The molecule has 0 heterocycles. The first-order valence-electron chi connectivity index (χ1n) is 8.33. The van der Waals surface area contributed by atoms with Crippen LogP contribution in [0.3, 0.4) is 0 Å². The highest BCUT2D eigenvalue weighted by Crippen LogP contribution is 2.20. The maximum Gasteiger partial charge on any atom is 0.305 e. The zero-order chi connectivity index (χ0) is 17.0. The number of benzene rings is 2. The smallest absolute Gasteiger partial charge is 0.305 e. The molecular weight excluding hydrogens is 304 g/mol. The first-order valence-corrected chi connectivity index (χ1v) is 8.33. The lowest BCUT2D eigenvalue weighted by molar-refractivity contribution is -0.143. The van der Waals surface area contributed by atoms with Gasteiger partial charge in [0, 0.05) is 12.5 Å². The molecule has 0 N–H and O–H groups in total. The number of ether oxygens (including phenoxy) is 3. The van der Waals surface area contributed by atoms with E-state index in [1.165, 1.54) is 0 Å². The van der Waals surface area contributed by atoms with E-state index in [1.807, 2.05) is 61.5 Å². The maximum absolute atomic E-state index is 11.2. The molecule has 0 radical (unpaired) electrons. The summed E-state index contributed by atoms with van der Waals surface area (Å²) < 4.78 is 16.4. The molecular formula is C20H24O4. The summed E-state index contributed by atoms with van der Waals surface area (Å²) in [5, 5.41) is 0. The van der Waals surface area contributed by atoms with Crippen molar-refractivity contribution in [2.24, 2.45) is 0 Å². The molecule has 4 nitrogen and oxygen atoms in total. The molecule has 2 aromatic carbocycles. The van der Waals surface area contributed by atoms with Crippen LogP contribution in [0.1, 0.15) is 31.7 Å². The fourth-order valence-electron chi connectivity index (χ4n) is 2.19. The number of carbonyl (C=O) groups is 1. The molecule has 0 amide bonds. The lowest BCUT2D eigenvalue weighted by atomic mass is 10.2. The van der Waals surface area contributed by atoms with Gasteiger partial charge in [-0.05, 0) is 37.5 Å². The van der Waals surface area contributed by atoms with Crippen LogP contribution in [0.4, 0.5) is 0 Å². The van der Waals surface area contributed by atoms with Gasteiger partial charge in [0.1, 0.15) is 18.1 Å². The largest absolute Gasteiger partial charge is 0.493 e. The molecule has 0 unspecified atom stereocenters. The SMILES string of the molecule is CCOC(=O)CCCCOc1cccc(OCc2ccccc2)c1. The van der Waals surface area contributed by atoms with Crippen LogP contribution in [0.5, 0.6) is 11.5 Å². The average molecular weight is 328 g/mol. The van der Waals surface area contributed by atoms with E-state index in [4.69, 9.17) is 14.2 Å². The summed E-state index contributed by atoms with van der Waals surface area (Å²) in [4.78, 5) is 11.2. The van der Waals surface area contributed by atoms with Crippen molar-refractivity contribution in [3.8, 4) is 11.5 Å². The highest BCUT2D eigenvalue weighted by atomic mass is 16.5. The number of unbranched alkanes of at least 4 members (excludes halogenated alkanes) is 1. The van der Waals surface area contributed by atoms with Crippen molar-refractivity contribution < 1.29 is 19.0 Å². The number of esters is 1. The van der Waals surface area contributed by atoms with Gasteiger partial charge in [-0.25, -0.2) is 0 Å². The Morgan fingerprint density at radius 2 is 1.67 bits per heavy atom. The van der Waals surface area contributed by atoms with Crippen LogP contribution in [-0.4, -0.2) is 19.2 Å². The third-order valence-electron chi connectivity index (χ3n) is 3.40. The van der Waals surface area contributed by atoms with Crippen LogP contribution in [0.15, 0.2) is 54.6 Å². The van der Waals surface area contributed by atoms with Crippen LogP contribution < -0.4 is 9.47 Å². The predicted molar refractivity (Wildman–Crippen MR) is 93.2 cm³/mol. The van der Waals surface area contributed by atoms with Crippen LogP contribution in [0.25, 0.3) is 0 Å². The summed E-state index contributed by atoms with van der Waals surface area (Å²) in [6.07, 6.45) is 2.02. The fraction of sp³-hybridized carbons (Fsp3) is 0.350. The lowest BCUT2D eigenvalue weighted by Gasteiger charge is -2.09. The molecule has 0 aliphatic carbocycles. The third kappa shape index (κ3) is 6.73. The molecule has 0 aliphatic heterocycles. The van der Waals surface area contributed by atoms with Gasteiger partial charge in [0.15, 0.2) is 0 Å². The molecule has 0 spiro atoms. The van der Waals surface area contributed by atoms with E-state index < -0.39 is 0 Å². The molecule has 0 aliphatic rings. The summed E-state index contributed by atoms with van der Waals surface area (Å²) in [5.41, 5.74) is 1.13. The van der Waals surface area contributed by atoms with Crippen LogP contribution >= 0.6 is 0 Å². The monoisotopic (exact) mass is 328 g/mol. The number of hydrogen-bond donors (Lipinski definition) is 0. The quantitative estimate of drug-likeness (QED) is 0.480. The van der Waals surface area contributed by atoms with Gasteiger partial charge in [-0.1, -0.05) is 36.4 Å². The average Bonchev–Trinajstić information content (AvgIpc) is 2.61. The number of carbonyl (C=O) groups excluding carboxylic acids is 1. The van der Waals surface area contributed by atoms with Gasteiger partial charge in [0.25, 0.3) is 0 Å². The molecule has 2 aromatic rings. The van der Waals surface area contributed by atoms with Crippen molar-refractivity contribution in [3.63, 3.8) is 0 Å². The van der Waals surface area contributed by atoms with Crippen molar-refractivity contribution in [3.05, 3.63) is 60.2 Å². The second kappa shape index (κ2) is 10.3. The molecule has 0 fully saturated rings. The maximum atomic E-state index is 11.2. The van der Waals surface area contributed by atoms with Crippen LogP contribution in [0.2, 0.25) is 0 Å². The van der Waals surface area contributed by atoms with Gasteiger partial charge in [-0.15, -0.1) is 0 Å². The topological polar surface area (TPSA) is 44.8 Å². The van der Waals surface area contributed by atoms with E-state index in [-0.39, 0.29) is 5.97 Å². The molecule has 0 saturated heterocycles. The minimum atomic E-state index is -0.145. The van der Waals surface area contributed by atoms with E-state index in [0.717, 1.165) is 29.9 Å². The molecule has 128 valence electrons. The van der Waals surface area contributed by atoms with Gasteiger partial charge >= 0.3 is 5.97 Å². The molecule has 24 heavy (non-hydrogen) atoms. The Kier molecular flexibility index (Phi) is 7.68. The van der Waals surface area contributed by atoms with Crippen LogP contribution in [0, 0.1) is 0 Å². The lowest BCUT2D eigenvalue weighted by Crippen LogP contribution is -2.05. The highest BCUT2D eigenvalue weighted by molar-refractivity contribution is 5.69. The Morgan fingerprint density at radius 3 is 2.42 bits per heavy atom. The van der Waals surface area contributed by atoms with E-state index in [9.17, 15) is 4.79 Å². The van der Waals surface area contributed by atoms with Crippen molar-refractivity contribution >= 4 is 5.97 Å². The van der Waals surface area contributed by atoms with Crippen molar-refractivity contribution in [1.82, 2.24) is 0 Å². The molecule has 4 heteroatoms. The molecule has 0 bridgehead atoms.